The van der Waals surface area contributed by atoms with Crippen LogP contribution in [0.5, 0.6) is 5.75 Å². The lowest BCUT2D eigenvalue weighted by atomic mass is 10.1. The highest BCUT2D eigenvalue weighted by atomic mass is 16.5. The fourth-order valence-corrected chi connectivity index (χ4v) is 1.61. The molecule has 18 heavy (non-hydrogen) atoms. The van der Waals surface area contributed by atoms with Crippen LogP contribution in [0.3, 0.4) is 0 Å². The van der Waals surface area contributed by atoms with Crippen molar-refractivity contribution in [1.29, 1.82) is 0 Å². The predicted octanol–water partition coefficient (Wildman–Crippen LogP) is 1.92. The minimum absolute atomic E-state index is 0.274. The zero-order valence-electron chi connectivity index (χ0n) is 10.7. The quantitative estimate of drug-likeness (QED) is 0.718. The van der Waals surface area contributed by atoms with Gasteiger partial charge in [0.15, 0.2) is 0 Å². The second-order valence-electron chi connectivity index (χ2n) is 4.47. The Hall–Kier alpha value is -1.10. The van der Waals surface area contributed by atoms with Gasteiger partial charge < -0.3 is 19.3 Å². The highest BCUT2D eigenvalue weighted by molar-refractivity contribution is 5.30. The Morgan fingerprint density at radius 1 is 1.33 bits per heavy atom. The van der Waals surface area contributed by atoms with Gasteiger partial charge in [-0.1, -0.05) is 12.1 Å². The largest absolute Gasteiger partial charge is 0.490 e. The topological polar surface area (TPSA) is 47.9 Å². The van der Waals surface area contributed by atoms with Gasteiger partial charge in [-0.15, -0.1) is 0 Å². The van der Waals surface area contributed by atoms with E-state index in [0.717, 1.165) is 24.2 Å². The number of hydrogen-bond donors (Lipinski definition) is 1. The van der Waals surface area contributed by atoms with E-state index in [4.69, 9.17) is 14.2 Å². The zero-order chi connectivity index (χ0) is 12.8. The van der Waals surface area contributed by atoms with Gasteiger partial charge in [0.1, 0.15) is 11.9 Å². The van der Waals surface area contributed by atoms with E-state index in [1.807, 2.05) is 24.3 Å². The summed E-state index contributed by atoms with van der Waals surface area (Å²) in [4.78, 5) is 0. The molecule has 0 aromatic heterocycles. The Balaban J connectivity index is 1.82. The fraction of sp³-hybridized carbons (Fsp3) is 0.571. The maximum absolute atomic E-state index is 9.97. The number of methoxy groups -OCH3 is 1. The van der Waals surface area contributed by atoms with Crippen LogP contribution >= 0.6 is 0 Å². The molecule has 0 spiro atoms. The lowest BCUT2D eigenvalue weighted by molar-refractivity contribution is 0.0125. The van der Waals surface area contributed by atoms with Crippen molar-refractivity contribution in [3.05, 3.63) is 29.8 Å². The molecule has 1 atom stereocenters. The summed E-state index contributed by atoms with van der Waals surface area (Å²) >= 11 is 0. The predicted molar refractivity (Wildman–Crippen MR) is 67.7 cm³/mol. The van der Waals surface area contributed by atoms with Gasteiger partial charge in [-0.2, -0.15) is 0 Å². The number of aliphatic hydroxyl groups excluding tert-OH is 1. The van der Waals surface area contributed by atoms with E-state index in [1.165, 1.54) is 0 Å². The minimum Gasteiger partial charge on any atom is -0.490 e. The van der Waals surface area contributed by atoms with Crippen LogP contribution in [-0.2, 0) is 9.47 Å². The molecule has 0 saturated heterocycles. The molecular weight excluding hydrogens is 232 g/mol. The molecule has 0 radical (unpaired) electrons. The van der Waals surface area contributed by atoms with Crippen molar-refractivity contribution in [2.75, 3.05) is 26.9 Å². The third kappa shape index (κ3) is 4.29. The standard InChI is InChI=1S/C14H20O4/c1-16-7-8-17-10-14(15)11-3-2-4-13(9-11)18-12-5-6-12/h2-4,9,12,14-15H,5-8,10H2,1H3. The monoisotopic (exact) mass is 252 g/mol. The van der Waals surface area contributed by atoms with Gasteiger partial charge in [0, 0.05) is 7.11 Å². The average molecular weight is 252 g/mol. The van der Waals surface area contributed by atoms with Crippen LogP contribution < -0.4 is 4.74 Å². The molecular formula is C14H20O4. The maximum atomic E-state index is 9.97. The smallest absolute Gasteiger partial charge is 0.120 e. The molecule has 2 rings (SSSR count). The summed E-state index contributed by atoms with van der Waals surface area (Å²) in [6, 6.07) is 7.57. The molecule has 0 bridgehead atoms. The van der Waals surface area contributed by atoms with Crippen LogP contribution in [0, 0.1) is 0 Å². The van der Waals surface area contributed by atoms with Crippen molar-refractivity contribution in [1.82, 2.24) is 0 Å². The second kappa shape index (κ2) is 6.73. The first-order chi connectivity index (χ1) is 8.79. The van der Waals surface area contributed by atoms with Gasteiger partial charge in [-0.25, -0.2) is 0 Å². The SMILES string of the molecule is COCCOCC(O)c1cccc(OC2CC2)c1. The molecule has 0 amide bonds. The summed E-state index contributed by atoms with van der Waals surface area (Å²) < 4.78 is 15.9. The van der Waals surface area contributed by atoms with Crippen LogP contribution in [-0.4, -0.2) is 38.1 Å². The lowest BCUT2D eigenvalue weighted by Gasteiger charge is -2.13. The van der Waals surface area contributed by atoms with Gasteiger partial charge in [0.2, 0.25) is 0 Å². The average Bonchev–Trinajstić information content (AvgIpc) is 3.19. The molecule has 1 aliphatic rings. The van der Waals surface area contributed by atoms with E-state index in [-0.39, 0.29) is 6.61 Å². The Kier molecular flexibility index (Phi) is 4.99. The van der Waals surface area contributed by atoms with Crippen molar-refractivity contribution >= 4 is 0 Å². The molecule has 1 aromatic carbocycles. The summed E-state index contributed by atoms with van der Waals surface area (Å²) in [6.07, 6.45) is 2.01. The van der Waals surface area contributed by atoms with E-state index in [1.54, 1.807) is 7.11 Å². The second-order valence-corrected chi connectivity index (χ2v) is 4.47. The van der Waals surface area contributed by atoms with Crippen molar-refractivity contribution in [3.63, 3.8) is 0 Å². The summed E-state index contributed by atoms with van der Waals surface area (Å²) in [6.45, 7) is 1.31. The molecule has 1 aliphatic carbocycles. The first-order valence-corrected chi connectivity index (χ1v) is 6.31. The van der Waals surface area contributed by atoms with E-state index in [0.29, 0.717) is 19.3 Å². The number of ether oxygens (including phenoxy) is 3. The molecule has 1 fully saturated rings. The summed E-state index contributed by atoms with van der Waals surface area (Å²) in [7, 11) is 1.62. The number of hydrogen-bond acceptors (Lipinski definition) is 4. The zero-order valence-corrected chi connectivity index (χ0v) is 10.7. The highest BCUT2D eigenvalue weighted by Gasteiger charge is 2.23. The summed E-state index contributed by atoms with van der Waals surface area (Å²) in [5.74, 6) is 0.825. The Morgan fingerprint density at radius 3 is 2.89 bits per heavy atom. The van der Waals surface area contributed by atoms with E-state index in [9.17, 15) is 5.11 Å². The minimum atomic E-state index is -0.621. The molecule has 0 aliphatic heterocycles. The van der Waals surface area contributed by atoms with Crippen LogP contribution in [0.4, 0.5) is 0 Å². The van der Waals surface area contributed by atoms with Crippen molar-refractivity contribution in [2.45, 2.75) is 25.0 Å². The molecule has 1 saturated carbocycles. The molecule has 4 heteroatoms. The Bertz CT molecular complexity index is 363. The molecule has 1 N–H and O–H groups in total. The lowest BCUT2D eigenvalue weighted by Crippen LogP contribution is -2.10. The molecule has 1 aromatic rings. The number of rotatable bonds is 8. The van der Waals surface area contributed by atoms with Gasteiger partial charge in [0.05, 0.1) is 25.9 Å². The molecule has 0 heterocycles. The van der Waals surface area contributed by atoms with E-state index in [2.05, 4.69) is 0 Å². The highest BCUT2D eigenvalue weighted by Crippen LogP contribution is 2.28. The van der Waals surface area contributed by atoms with Crippen LogP contribution in [0.25, 0.3) is 0 Å². The molecule has 1 unspecified atom stereocenters. The number of aliphatic hydroxyl groups is 1. The van der Waals surface area contributed by atoms with Crippen LogP contribution in [0.2, 0.25) is 0 Å². The molecule has 4 nitrogen and oxygen atoms in total. The first kappa shape index (κ1) is 13.3. The third-order valence-electron chi connectivity index (χ3n) is 2.78. The number of benzene rings is 1. The van der Waals surface area contributed by atoms with Gasteiger partial charge in [-0.3, -0.25) is 0 Å². The molecule has 100 valence electrons. The van der Waals surface area contributed by atoms with Gasteiger partial charge in [0.25, 0.3) is 0 Å². The fourth-order valence-electron chi connectivity index (χ4n) is 1.61. The van der Waals surface area contributed by atoms with Crippen molar-refractivity contribution < 1.29 is 19.3 Å². The van der Waals surface area contributed by atoms with Gasteiger partial charge >= 0.3 is 0 Å². The first-order valence-electron chi connectivity index (χ1n) is 6.31. The Morgan fingerprint density at radius 2 is 2.17 bits per heavy atom. The Labute approximate surface area is 107 Å². The summed E-state index contributed by atoms with van der Waals surface area (Å²) in [5.41, 5.74) is 0.825. The van der Waals surface area contributed by atoms with Crippen LogP contribution in [0.1, 0.15) is 24.5 Å². The maximum Gasteiger partial charge on any atom is 0.120 e. The van der Waals surface area contributed by atoms with E-state index >= 15 is 0 Å². The van der Waals surface area contributed by atoms with Crippen molar-refractivity contribution in [2.24, 2.45) is 0 Å². The van der Waals surface area contributed by atoms with Gasteiger partial charge in [-0.05, 0) is 30.5 Å². The normalized spacial score (nSPS) is 16.6. The van der Waals surface area contributed by atoms with E-state index < -0.39 is 6.10 Å². The van der Waals surface area contributed by atoms with Crippen LogP contribution in [0.15, 0.2) is 24.3 Å². The third-order valence-corrected chi connectivity index (χ3v) is 2.78. The summed E-state index contributed by atoms with van der Waals surface area (Å²) in [5, 5.41) is 9.97. The van der Waals surface area contributed by atoms with Crippen molar-refractivity contribution in [3.8, 4) is 5.75 Å².